The number of benzene rings is 1. The number of halogens is 1. The Hall–Kier alpha value is -5.48. The van der Waals surface area contributed by atoms with Gasteiger partial charge in [-0.2, -0.15) is 10.4 Å². The third kappa shape index (κ3) is 4.36. The molecule has 7 rings (SSSR count). The predicted molar refractivity (Wildman–Crippen MR) is 154 cm³/mol. The van der Waals surface area contributed by atoms with Crippen molar-refractivity contribution < 1.29 is 9.18 Å². The molecular weight excluding hydrogens is 519 g/mol. The number of aromatic nitrogens is 3. The molecule has 3 aliphatic rings. The molecule has 3 saturated heterocycles. The van der Waals surface area contributed by atoms with Crippen LogP contribution < -0.4 is 10.2 Å². The lowest BCUT2D eigenvalue weighted by Crippen LogP contribution is -2.70. The molecule has 2 unspecified atom stereocenters. The number of amides is 1. The Morgan fingerprint density at radius 1 is 1.17 bits per heavy atom. The van der Waals surface area contributed by atoms with Crippen LogP contribution in [0.5, 0.6) is 0 Å². The molecule has 2 bridgehead atoms. The number of hydrogen-bond acceptors (Lipinski definition) is 7. The maximum Gasteiger partial charge on any atom is 0.254 e. The highest BCUT2D eigenvalue weighted by Crippen LogP contribution is 2.36. The Morgan fingerprint density at radius 3 is 2.61 bits per heavy atom. The van der Waals surface area contributed by atoms with E-state index in [-0.39, 0.29) is 23.6 Å². The van der Waals surface area contributed by atoms with Gasteiger partial charge in [-0.1, -0.05) is 5.92 Å². The van der Waals surface area contributed by atoms with Crippen molar-refractivity contribution in [2.45, 2.75) is 18.5 Å². The second-order valence-electron chi connectivity index (χ2n) is 10.0. The third-order valence-corrected chi connectivity index (χ3v) is 7.70. The lowest BCUT2D eigenvalue weighted by Gasteiger charge is -2.56. The smallest absolute Gasteiger partial charge is 0.254 e. The van der Waals surface area contributed by atoms with Gasteiger partial charge in [0.1, 0.15) is 17.7 Å². The molecule has 0 spiro atoms. The topological polar surface area (TPSA) is 113 Å². The fraction of sp³-hybridized carbons (Fsp3) is 0.194. The van der Waals surface area contributed by atoms with Gasteiger partial charge in [0.2, 0.25) is 0 Å². The van der Waals surface area contributed by atoms with Crippen LogP contribution in [0.1, 0.15) is 33.5 Å². The molecule has 3 aliphatic heterocycles. The van der Waals surface area contributed by atoms with Gasteiger partial charge in [0.15, 0.2) is 0 Å². The first-order valence-corrected chi connectivity index (χ1v) is 13.1. The van der Waals surface area contributed by atoms with Gasteiger partial charge in [0.05, 0.1) is 34.9 Å². The van der Waals surface area contributed by atoms with Gasteiger partial charge in [-0.05, 0) is 42.8 Å². The summed E-state index contributed by atoms with van der Waals surface area (Å²) < 4.78 is 15.8. The molecule has 202 valence electrons. The Morgan fingerprint density at radius 2 is 1.98 bits per heavy atom. The molecule has 6 heterocycles. The molecule has 3 aromatic heterocycles. The summed E-state index contributed by atoms with van der Waals surface area (Å²) in [6.45, 7) is 1.25. The maximum absolute atomic E-state index is 14.2. The number of hydrogen-bond donors (Lipinski definition) is 2. The average Bonchev–Trinajstić information content (AvgIpc) is 3.42. The number of rotatable bonds is 6. The predicted octanol–water partition coefficient (Wildman–Crippen LogP) is 3.70. The zero-order valence-electron chi connectivity index (χ0n) is 22.2. The number of piperidine rings is 1. The molecule has 0 aliphatic carbocycles. The normalized spacial score (nSPS) is 17.9. The number of allylic oxidation sites excluding steroid dienone is 1. The molecule has 9 nitrogen and oxygen atoms in total. The Bertz CT molecular complexity index is 1800. The van der Waals surface area contributed by atoms with Crippen molar-refractivity contribution in [3.63, 3.8) is 0 Å². The van der Waals surface area contributed by atoms with Gasteiger partial charge in [-0.25, -0.2) is 13.9 Å². The fourth-order valence-electron chi connectivity index (χ4n) is 5.72. The zero-order valence-corrected chi connectivity index (χ0v) is 22.2. The number of carbonyl (C=O) groups is 1. The summed E-state index contributed by atoms with van der Waals surface area (Å²) >= 11 is 0. The van der Waals surface area contributed by atoms with E-state index in [9.17, 15) is 14.4 Å². The molecule has 3 fully saturated rings. The van der Waals surface area contributed by atoms with E-state index in [2.05, 4.69) is 27.3 Å². The summed E-state index contributed by atoms with van der Waals surface area (Å²) in [4.78, 5) is 21.9. The number of terminal acetylenes is 1. The highest BCUT2D eigenvalue weighted by Gasteiger charge is 2.47. The van der Waals surface area contributed by atoms with Gasteiger partial charge in [0.25, 0.3) is 5.91 Å². The van der Waals surface area contributed by atoms with Crippen LogP contribution >= 0.6 is 0 Å². The van der Waals surface area contributed by atoms with Crippen molar-refractivity contribution in [2.24, 2.45) is 0 Å². The van der Waals surface area contributed by atoms with E-state index in [1.165, 1.54) is 24.5 Å². The largest absolute Gasteiger partial charge is 0.393 e. The summed E-state index contributed by atoms with van der Waals surface area (Å²) in [6, 6.07) is 12.3. The van der Waals surface area contributed by atoms with Crippen LogP contribution in [0.4, 0.5) is 10.2 Å². The van der Waals surface area contributed by atoms with Crippen LogP contribution in [-0.2, 0) is 0 Å². The molecule has 1 amide bonds. The highest BCUT2D eigenvalue weighted by molar-refractivity contribution is 6.09. The molecule has 4 aromatic rings. The van der Waals surface area contributed by atoms with Gasteiger partial charge >= 0.3 is 0 Å². The molecular formula is C31H25FN8O. The van der Waals surface area contributed by atoms with E-state index < -0.39 is 5.82 Å². The van der Waals surface area contributed by atoms with Crippen LogP contribution in [0.2, 0.25) is 0 Å². The van der Waals surface area contributed by atoms with Gasteiger partial charge in [-0.15, -0.1) is 6.42 Å². The number of nitrogens with one attached hydrogen (secondary N) is 2. The molecule has 2 N–H and O–H groups in total. The Balaban J connectivity index is 1.25. The minimum atomic E-state index is -0.567. The Kier molecular flexibility index (Phi) is 6.44. The maximum atomic E-state index is 14.2. The van der Waals surface area contributed by atoms with Gasteiger partial charge < -0.3 is 20.5 Å². The van der Waals surface area contributed by atoms with Crippen molar-refractivity contribution in [1.29, 1.82) is 10.7 Å². The number of nitrogens with zero attached hydrogens (tertiary/aromatic N) is 6. The summed E-state index contributed by atoms with van der Waals surface area (Å²) in [6.07, 6.45) is 14.3. The highest BCUT2D eigenvalue weighted by atomic mass is 19.1. The van der Waals surface area contributed by atoms with Crippen molar-refractivity contribution in [1.82, 2.24) is 24.8 Å². The lowest BCUT2D eigenvalue weighted by molar-refractivity contribution is 0.00573. The van der Waals surface area contributed by atoms with E-state index in [4.69, 9.17) is 16.8 Å². The van der Waals surface area contributed by atoms with E-state index in [1.54, 1.807) is 36.2 Å². The number of carbonyl (C=O) groups excluding carboxylic acids is 1. The van der Waals surface area contributed by atoms with E-state index in [0.29, 0.717) is 35.3 Å². The fourth-order valence-corrected chi connectivity index (χ4v) is 5.72. The Labute approximate surface area is 236 Å². The third-order valence-electron chi connectivity index (χ3n) is 7.70. The quantitative estimate of drug-likeness (QED) is 0.283. The number of piperazine rings is 1. The van der Waals surface area contributed by atoms with Crippen LogP contribution in [-0.4, -0.2) is 63.8 Å². The minimum absolute atomic E-state index is 0.0119. The SMILES string of the molecule is C#Cc1ccc(C(=O)N2C3CC2CN(c2ccc(-c4cc(/C(C=N)=C/NC)cn5ncc(C#N)c45)cn2)C3)cc1F. The second kappa shape index (κ2) is 10.2. The molecule has 2 atom stereocenters. The van der Waals surface area contributed by atoms with Gasteiger partial charge in [0, 0.05) is 72.8 Å². The van der Waals surface area contributed by atoms with Gasteiger partial charge in [-0.3, -0.25) is 4.79 Å². The van der Waals surface area contributed by atoms with Crippen LogP contribution in [0.15, 0.2) is 61.2 Å². The van der Waals surface area contributed by atoms with Crippen LogP contribution in [0, 0.1) is 34.9 Å². The van der Waals surface area contributed by atoms with E-state index >= 15 is 0 Å². The summed E-state index contributed by atoms with van der Waals surface area (Å²) in [5.41, 5.74) is 4.56. The molecule has 41 heavy (non-hydrogen) atoms. The van der Waals surface area contributed by atoms with Crippen LogP contribution in [0.3, 0.4) is 0 Å². The van der Waals surface area contributed by atoms with Crippen molar-refractivity contribution in [2.75, 3.05) is 25.0 Å². The average molecular weight is 545 g/mol. The van der Waals surface area contributed by atoms with Crippen molar-refractivity contribution >= 4 is 29.0 Å². The lowest BCUT2D eigenvalue weighted by atomic mass is 9.86. The number of anilines is 1. The first-order valence-electron chi connectivity index (χ1n) is 13.1. The summed E-state index contributed by atoms with van der Waals surface area (Å²) in [5, 5.41) is 24.8. The first-order chi connectivity index (χ1) is 19.9. The summed E-state index contributed by atoms with van der Waals surface area (Å²) in [5.74, 6) is 2.31. The summed E-state index contributed by atoms with van der Waals surface area (Å²) in [7, 11) is 1.77. The monoisotopic (exact) mass is 544 g/mol. The minimum Gasteiger partial charge on any atom is -0.393 e. The van der Waals surface area contributed by atoms with E-state index in [0.717, 1.165) is 28.9 Å². The zero-order chi connectivity index (χ0) is 28.7. The standard InChI is InChI=1S/C31H25FN8O/c1-3-19-4-5-20(9-28(19)32)31(41)40-25-10-26(40)18-38(17-25)29-7-6-21(14-36-29)27-8-22(23(11-33)13-35-2)16-39-30(27)24(12-34)15-37-39/h1,4-9,11,13-16,25-26,33,35H,10,17-18H2,2H3/b23-13+,33-11?. The molecule has 10 heteroatoms. The first kappa shape index (κ1) is 25.8. The second-order valence-corrected chi connectivity index (χ2v) is 10.0. The number of fused-ring (bicyclic) bond motifs is 3. The number of nitriles is 1. The molecule has 0 saturated carbocycles. The van der Waals surface area contributed by atoms with Crippen LogP contribution in [0.25, 0.3) is 22.2 Å². The molecule has 0 radical (unpaired) electrons. The molecule has 1 aromatic carbocycles. The van der Waals surface area contributed by atoms with E-state index in [1.807, 2.05) is 23.1 Å². The van der Waals surface area contributed by atoms with Crippen molar-refractivity contribution in [3.05, 3.63) is 89.3 Å². The number of pyridine rings is 2. The van der Waals surface area contributed by atoms with Crippen molar-refractivity contribution in [3.8, 4) is 29.5 Å².